The van der Waals surface area contributed by atoms with Crippen molar-refractivity contribution < 1.29 is 14.7 Å². The van der Waals surface area contributed by atoms with Gasteiger partial charge in [0.05, 0.1) is 0 Å². The van der Waals surface area contributed by atoms with Crippen molar-refractivity contribution in [2.24, 2.45) is 5.73 Å². The minimum atomic E-state index is -1.17. The van der Waals surface area contributed by atoms with Crippen molar-refractivity contribution in [3.63, 3.8) is 0 Å². The molecule has 104 valence electrons. The molecule has 0 saturated heterocycles. The minimum absolute atomic E-state index is 0.318. The SMILES string of the molecule is NC(=O)CCCCCN(Cc1ccccc1)C(=O)[O-]. The number of carbonyl (C=O) groups is 2. The van der Waals surface area contributed by atoms with Gasteiger partial charge in [-0.1, -0.05) is 36.8 Å². The zero-order chi connectivity index (χ0) is 14.1. The molecule has 5 nitrogen and oxygen atoms in total. The summed E-state index contributed by atoms with van der Waals surface area (Å²) in [5, 5.41) is 11.0. The fraction of sp³-hybridized carbons (Fsp3) is 0.429. The van der Waals surface area contributed by atoms with Gasteiger partial charge in [-0.2, -0.15) is 0 Å². The Hall–Kier alpha value is -2.04. The van der Waals surface area contributed by atoms with E-state index in [1.165, 1.54) is 4.90 Å². The van der Waals surface area contributed by atoms with Crippen LogP contribution in [0.5, 0.6) is 0 Å². The summed E-state index contributed by atoms with van der Waals surface area (Å²) in [5.41, 5.74) is 5.97. The first-order valence-electron chi connectivity index (χ1n) is 6.37. The van der Waals surface area contributed by atoms with E-state index in [-0.39, 0.29) is 5.91 Å². The number of rotatable bonds is 8. The summed E-state index contributed by atoms with van der Waals surface area (Å²) >= 11 is 0. The lowest BCUT2D eigenvalue weighted by atomic mass is 10.1. The topological polar surface area (TPSA) is 86.5 Å². The number of benzene rings is 1. The van der Waals surface area contributed by atoms with Crippen LogP contribution in [-0.4, -0.2) is 23.4 Å². The van der Waals surface area contributed by atoms with Crippen LogP contribution in [0.15, 0.2) is 30.3 Å². The van der Waals surface area contributed by atoms with Crippen molar-refractivity contribution >= 4 is 12.0 Å². The number of carbonyl (C=O) groups excluding carboxylic acids is 2. The van der Waals surface area contributed by atoms with E-state index in [1.807, 2.05) is 30.3 Å². The van der Waals surface area contributed by atoms with Gasteiger partial charge in [-0.25, -0.2) is 0 Å². The monoisotopic (exact) mass is 263 g/mol. The Morgan fingerprint density at radius 2 is 1.79 bits per heavy atom. The number of amides is 2. The molecule has 0 aromatic heterocycles. The van der Waals surface area contributed by atoms with Crippen molar-refractivity contribution in [3.05, 3.63) is 35.9 Å². The molecule has 1 aromatic carbocycles. The molecule has 5 heteroatoms. The molecule has 2 amide bonds. The fourth-order valence-electron chi connectivity index (χ4n) is 1.82. The van der Waals surface area contributed by atoms with E-state index in [2.05, 4.69) is 0 Å². The first-order chi connectivity index (χ1) is 9.09. The molecule has 0 atom stereocenters. The Bertz CT molecular complexity index is 406. The number of hydrogen-bond donors (Lipinski definition) is 1. The Morgan fingerprint density at radius 1 is 1.11 bits per heavy atom. The quantitative estimate of drug-likeness (QED) is 0.706. The summed E-state index contributed by atoms with van der Waals surface area (Å²) in [6.07, 6.45) is 1.36. The summed E-state index contributed by atoms with van der Waals surface area (Å²) in [6.45, 7) is 0.745. The van der Waals surface area contributed by atoms with Gasteiger partial charge in [-0.05, 0) is 18.4 Å². The van der Waals surface area contributed by atoms with Crippen molar-refractivity contribution in [2.75, 3.05) is 6.54 Å². The van der Waals surface area contributed by atoms with E-state index >= 15 is 0 Å². The highest BCUT2D eigenvalue weighted by molar-refractivity contribution is 5.73. The molecule has 1 rings (SSSR count). The fourth-order valence-corrected chi connectivity index (χ4v) is 1.82. The summed E-state index contributed by atoms with van der Waals surface area (Å²) in [6, 6.07) is 9.38. The lowest BCUT2D eigenvalue weighted by Gasteiger charge is -2.25. The summed E-state index contributed by atoms with van der Waals surface area (Å²) in [7, 11) is 0. The highest BCUT2D eigenvalue weighted by Crippen LogP contribution is 2.07. The van der Waals surface area contributed by atoms with Crippen molar-refractivity contribution in [1.82, 2.24) is 4.90 Å². The average molecular weight is 263 g/mol. The van der Waals surface area contributed by atoms with E-state index in [0.717, 1.165) is 12.0 Å². The first kappa shape index (κ1) is 15.0. The second-order valence-corrected chi connectivity index (χ2v) is 4.45. The van der Waals surface area contributed by atoms with Crippen LogP contribution in [0.25, 0.3) is 0 Å². The number of unbranched alkanes of at least 4 members (excludes halogenated alkanes) is 2. The van der Waals surface area contributed by atoms with E-state index in [4.69, 9.17) is 5.73 Å². The summed E-state index contributed by atoms with van der Waals surface area (Å²) in [5.74, 6) is -0.318. The van der Waals surface area contributed by atoms with Gasteiger partial charge in [0.2, 0.25) is 5.91 Å². The molecule has 0 radical (unpaired) electrons. The Labute approximate surface area is 113 Å². The zero-order valence-corrected chi connectivity index (χ0v) is 10.9. The van der Waals surface area contributed by atoms with Gasteiger partial charge in [0.1, 0.15) is 6.09 Å². The number of nitrogens with zero attached hydrogens (tertiary/aromatic N) is 1. The van der Waals surface area contributed by atoms with E-state index in [0.29, 0.717) is 32.4 Å². The van der Waals surface area contributed by atoms with Crippen LogP contribution < -0.4 is 10.8 Å². The number of nitrogens with two attached hydrogens (primary N) is 1. The second kappa shape index (κ2) is 8.13. The van der Waals surface area contributed by atoms with E-state index in [1.54, 1.807) is 0 Å². The predicted molar refractivity (Wildman–Crippen MR) is 69.9 cm³/mol. The third-order valence-corrected chi connectivity index (χ3v) is 2.83. The van der Waals surface area contributed by atoms with Crippen LogP contribution in [0.2, 0.25) is 0 Å². The van der Waals surface area contributed by atoms with Gasteiger partial charge >= 0.3 is 0 Å². The van der Waals surface area contributed by atoms with Gasteiger partial charge in [0.25, 0.3) is 0 Å². The maximum Gasteiger partial charge on any atom is 0.217 e. The van der Waals surface area contributed by atoms with Crippen molar-refractivity contribution in [3.8, 4) is 0 Å². The summed E-state index contributed by atoms with van der Waals surface area (Å²) < 4.78 is 0. The third-order valence-electron chi connectivity index (χ3n) is 2.83. The molecule has 0 aliphatic rings. The molecular weight excluding hydrogens is 244 g/mol. The van der Waals surface area contributed by atoms with Crippen LogP contribution in [0.4, 0.5) is 4.79 Å². The van der Waals surface area contributed by atoms with Crippen LogP contribution in [-0.2, 0) is 11.3 Å². The molecule has 0 aliphatic carbocycles. The highest BCUT2D eigenvalue weighted by Gasteiger charge is 2.05. The lowest BCUT2D eigenvalue weighted by Crippen LogP contribution is -2.41. The molecule has 1 aromatic rings. The van der Waals surface area contributed by atoms with Crippen molar-refractivity contribution in [1.29, 1.82) is 0 Å². The first-order valence-corrected chi connectivity index (χ1v) is 6.37. The molecule has 0 bridgehead atoms. The normalized spacial score (nSPS) is 10.1. The maximum atomic E-state index is 11.0. The minimum Gasteiger partial charge on any atom is -0.530 e. The van der Waals surface area contributed by atoms with Crippen LogP contribution >= 0.6 is 0 Å². The van der Waals surface area contributed by atoms with Crippen LogP contribution in [0, 0.1) is 0 Å². The number of primary amides is 1. The smallest absolute Gasteiger partial charge is 0.217 e. The number of carboxylic acid groups (broad SMARTS) is 1. The Kier molecular flexibility index (Phi) is 6.43. The Morgan fingerprint density at radius 3 is 2.37 bits per heavy atom. The molecule has 0 spiro atoms. The lowest BCUT2D eigenvalue weighted by molar-refractivity contribution is -0.266. The van der Waals surface area contributed by atoms with Crippen LogP contribution in [0.3, 0.4) is 0 Å². The highest BCUT2D eigenvalue weighted by atomic mass is 16.4. The predicted octanol–water partition coefficient (Wildman–Crippen LogP) is 0.878. The van der Waals surface area contributed by atoms with Gasteiger partial charge in [-0.15, -0.1) is 0 Å². The average Bonchev–Trinajstić information content (AvgIpc) is 2.37. The number of hydrogen-bond acceptors (Lipinski definition) is 3. The van der Waals surface area contributed by atoms with E-state index < -0.39 is 6.09 Å². The van der Waals surface area contributed by atoms with Gasteiger partial charge in [-0.3, -0.25) is 4.79 Å². The van der Waals surface area contributed by atoms with Crippen molar-refractivity contribution in [2.45, 2.75) is 32.2 Å². The summed E-state index contributed by atoms with van der Waals surface area (Å²) in [4.78, 5) is 22.8. The molecule has 0 aliphatic heterocycles. The third kappa shape index (κ3) is 6.45. The molecule has 0 unspecified atom stereocenters. The molecule has 19 heavy (non-hydrogen) atoms. The zero-order valence-electron chi connectivity index (χ0n) is 10.9. The molecule has 0 saturated carbocycles. The largest absolute Gasteiger partial charge is 0.530 e. The van der Waals surface area contributed by atoms with Gasteiger partial charge in [0, 0.05) is 19.5 Å². The maximum absolute atomic E-state index is 11.0. The van der Waals surface area contributed by atoms with Gasteiger partial charge in [0.15, 0.2) is 0 Å². The molecular formula is C14H19N2O3-. The van der Waals surface area contributed by atoms with Crippen LogP contribution in [0.1, 0.15) is 31.2 Å². The standard InChI is InChI=1S/C14H20N2O3/c15-13(17)9-5-2-6-10-16(14(18)19)11-12-7-3-1-4-8-12/h1,3-4,7-8H,2,5-6,9-11H2,(H2,15,17)(H,18,19)/p-1. The second-order valence-electron chi connectivity index (χ2n) is 4.45. The van der Waals surface area contributed by atoms with Gasteiger partial charge < -0.3 is 20.5 Å². The molecule has 0 heterocycles. The van der Waals surface area contributed by atoms with E-state index in [9.17, 15) is 14.7 Å². The molecule has 2 N–H and O–H groups in total. The Balaban J connectivity index is 2.33. The molecule has 0 fully saturated rings.